The highest BCUT2D eigenvalue weighted by Gasteiger charge is 2.71. The number of fused-ring (bicyclic) bond motifs is 1. The van der Waals surface area contributed by atoms with E-state index in [4.69, 9.17) is 14.2 Å². The first kappa shape index (κ1) is 16.9. The Bertz CT molecular complexity index is 920. The van der Waals surface area contributed by atoms with Gasteiger partial charge in [0.15, 0.2) is 0 Å². The van der Waals surface area contributed by atoms with Gasteiger partial charge in [-0.25, -0.2) is 0 Å². The second-order valence-electron chi connectivity index (χ2n) is 9.79. The third-order valence-corrected chi connectivity index (χ3v) is 9.22. The first-order valence-corrected chi connectivity index (χ1v) is 11.1. The maximum absolute atomic E-state index is 13.5. The standard InChI is InChI=1S/C23H28N2O4/c1-27-16-8-14-15(9-17(16)28-2)25-20(26)10-18-21-13-7-19-23(14,22(21)25)4-5-24(19)11-12(13)3-6-29-18/h3,13,18-19,21-22H,4-11H2,1-2H3/t13-,18?,19-,21-,22?,23+/m0/s1. The van der Waals surface area contributed by atoms with Crippen molar-refractivity contribution in [2.75, 3.05) is 33.9 Å². The quantitative estimate of drug-likeness (QED) is 0.670. The molecule has 3 saturated heterocycles. The summed E-state index contributed by atoms with van der Waals surface area (Å²) in [7, 11) is 3.46. The topological polar surface area (TPSA) is 51.2 Å². The van der Waals surface area contributed by atoms with Gasteiger partial charge in [-0.1, -0.05) is 11.6 Å². The normalized spacial score (nSPS) is 44.6. The number of rotatable bonds is 2. The summed E-state index contributed by atoms with van der Waals surface area (Å²) in [4.78, 5) is 18.4. The summed E-state index contributed by atoms with van der Waals surface area (Å²) in [6.07, 6.45) is 6.73. The van der Waals surface area contributed by atoms with E-state index < -0.39 is 0 Å². The van der Waals surface area contributed by atoms with Gasteiger partial charge in [0.05, 0.1) is 39.4 Å². The first-order chi connectivity index (χ1) is 14.2. The second kappa shape index (κ2) is 5.46. The molecule has 0 radical (unpaired) electrons. The monoisotopic (exact) mass is 396 g/mol. The van der Waals surface area contributed by atoms with Crippen LogP contribution in [-0.2, 0) is 19.0 Å². The van der Waals surface area contributed by atoms with Crippen molar-refractivity contribution >= 4 is 5.91 Å². The lowest BCUT2D eigenvalue weighted by Gasteiger charge is -2.59. The van der Waals surface area contributed by atoms with Crippen LogP contribution in [0.15, 0.2) is 34.4 Å². The summed E-state index contributed by atoms with van der Waals surface area (Å²) in [6.45, 7) is 2.88. The molecule has 1 spiro atoms. The summed E-state index contributed by atoms with van der Waals surface area (Å²) in [5, 5.41) is 0. The van der Waals surface area contributed by atoms with Crippen LogP contribution in [-0.4, -0.2) is 67.8 Å². The number of nitrogens with zero attached hydrogens (tertiary/aromatic N) is 2. The number of allylic oxidation sites excluding steroid dienone is 1. The smallest absolute Gasteiger partial charge is 0.229 e. The van der Waals surface area contributed by atoms with Gasteiger partial charge in [0.2, 0.25) is 5.91 Å². The van der Waals surface area contributed by atoms with Crippen LogP contribution in [0.1, 0.15) is 32.1 Å². The molecular weight excluding hydrogens is 368 g/mol. The molecule has 0 aromatic carbocycles. The third-order valence-electron chi connectivity index (χ3n) is 9.22. The molecule has 2 unspecified atom stereocenters. The van der Waals surface area contributed by atoms with Crippen molar-refractivity contribution in [3.63, 3.8) is 0 Å². The van der Waals surface area contributed by atoms with E-state index in [2.05, 4.69) is 15.9 Å². The molecule has 7 aliphatic rings. The number of piperidine rings is 2. The van der Waals surface area contributed by atoms with Gasteiger partial charge < -0.3 is 19.1 Å². The van der Waals surface area contributed by atoms with Gasteiger partial charge in [-0.2, -0.15) is 0 Å². The van der Waals surface area contributed by atoms with Gasteiger partial charge in [-0.05, 0) is 30.9 Å². The fraction of sp³-hybridized carbons (Fsp3) is 0.696. The zero-order chi connectivity index (χ0) is 19.5. The fourth-order valence-electron chi connectivity index (χ4n) is 8.28. The van der Waals surface area contributed by atoms with E-state index in [1.54, 1.807) is 19.8 Å². The molecule has 4 fully saturated rings. The molecule has 2 aliphatic carbocycles. The fourth-order valence-corrected chi connectivity index (χ4v) is 8.28. The van der Waals surface area contributed by atoms with Gasteiger partial charge in [0, 0.05) is 42.5 Å². The van der Waals surface area contributed by atoms with Crippen molar-refractivity contribution in [1.29, 1.82) is 0 Å². The minimum Gasteiger partial charge on any atom is -0.497 e. The Morgan fingerprint density at radius 3 is 2.86 bits per heavy atom. The summed E-state index contributed by atoms with van der Waals surface area (Å²) in [6, 6.07) is 0.774. The molecule has 0 aromatic heterocycles. The van der Waals surface area contributed by atoms with Crippen LogP contribution < -0.4 is 0 Å². The lowest BCUT2D eigenvalue weighted by atomic mass is 9.52. The lowest BCUT2D eigenvalue weighted by Crippen LogP contribution is -2.67. The number of carbonyl (C=O) groups is 1. The molecule has 6 heteroatoms. The number of carbonyl (C=O) groups excluding carboxylic acids is 1. The SMILES string of the molecule is COC1=C(OC)CC2=C(C1)N1C(=O)CC3OCC=C4CN5CC[C@@]26C1[C@H]3[C@H]4C[C@H]56. The number of hydrogen-bond donors (Lipinski definition) is 0. The number of hydrogen-bond acceptors (Lipinski definition) is 5. The Balaban J connectivity index is 1.44. The lowest BCUT2D eigenvalue weighted by molar-refractivity contribution is -0.159. The van der Waals surface area contributed by atoms with E-state index in [9.17, 15) is 4.79 Å². The Morgan fingerprint density at radius 2 is 2.03 bits per heavy atom. The summed E-state index contributed by atoms with van der Waals surface area (Å²) < 4.78 is 17.8. The molecular formula is C23H28N2O4. The van der Waals surface area contributed by atoms with E-state index in [1.807, 2.05) is 0 Å². The molecule has 29 heavy (non-hydrogen) atoms. The van der Waals surface area contributed by atoms with Gasteiger partial charge in [-0.3, -0.25) is 9.69 Å². The maximum Gasteiger partial charge on any atom is 0.229 e. The molecule has 6 atom stereocenters. The molecule has 2 bridgehead atoms. The van der Waals surface area contributed by atoms with Crippen LogP contribution in [0.3, 0.4) is 0 Å². The molecule has 5 aliphatic heterocycles. The minimum absolute atomic E-state index is 0.0607. The van der Waals surface area contributed by atoms with Crippen molar-refractivity contribution in [3.8, 4) is 0 Å². The highest BCUT2D eigenvalue weighted by Crippen LogP contribution is 2.68. The van der Waals surface area contributed by atoms with Crippen LogP contribution >= 0.6 is 0 Å². The van der Waals surface area contributed by atoms with Gasteiger partial charge in [-0.15, -0.1) is 0 Å². The average Bonchev–Trinajstić information content (AvgIpc) is 3.20. The van der Waals surface area contributed by atoms with Gasteiger partial charge in [0.1, 0.15) is 11.5 Å². The van der Waals surface area contributed by atoms with Crippen molar-refractivity contribution in [1.82, 2.24) is 9.80 Å². The minimum atomic E-state index is 0.0607. The zero-order valence-electron chi connectivity index (χ0n) is 17.1. The number of methoxy groups -OCH3 is 2. The van der Waals surface area contributed by atoms with Crippen LogP contribution in [0.2, 0.25) is 0 Å². The number of amides is 1. The Kier molecular flexibility index (Phi) is 3.19. The second-order valence-corrected chi connectivity index (χ2v) is 9.79. The van der Waals surface area contributed by atoms with E-state index in [0.29, 0.717) is 37.3 Å². The summed E-state index contributed by atoms with van der Waals surface area (Å²) in [5.74, 6) is 3.05. The van der Waals surface area contributed by atoms with Crippen molar-refractivity contribution in [3.05, 3.63) is 34.4 Å². The van der Waals surface area contributed by atoms with Crippen LogP contribution in [0.25, 0.3) is 0 Å². The van der Waals surface area contributed by atoms with E-state index >= 15 is 0 Å². The molecule has 154 valence electrons. The van der Waals surface area contributed by atoms with Gasteiger partial charge in [0.25, 0.3) is 0 Å². The van der Waals surface area contributed by atoms with Crippen LogP contribution in [0.5, 0.6) is 0 Å². The average molecular weight is 396 g/mol. The van der Waals surface area contributed by atoms with E-state index in [1.165, 1.54) is 17.7 Å². The van der Waals surface area contributed by atoms with Gasteiger partial charge >= 0.3 is 0 Å². The summed E-state index contributed by atoms with van der Waals surface area (Å²) in [5.41, 5.74) is 4.32. The predicted octanol–water partition coefficient (Wildman–Crippen LogP) is 2.19. The first-order valence-electron chi connectivity index (χ1n) is 11.1. The molecule has 6 nitrogen and oxygen atoms in total. The molecule has 1 amide bonds. The molecule has 5 heterocycles. The Labute approximate surface area is 171 Å². The molecule has 0 aromatic rings. The highest BCUT2D eigenvalue weighted by molar-refractivity contribution is 5.82. The Morgan fingerprint density at radius 1 is 1.21 bits per heavy atom. The van der Waals surface area contributed by atoms with E-state index in [-0.39, 0.29) is 23.5 Å². The van der Waals surface area contributed by atoms with Crippen molar-refractivity contribution < 1.29 is 19.0 Å². The van der Waals surface area contributed by atoms with Crippen LogP contribution in [0.4, 0.5) is 0 Å². The maximum atomic E-state index is 13.5. The largest absolute Gasteiger partial charge is 0.497 e. The Hall–Kier alpha value is -1.79. The number of ether oxygens (including phenoxy) is 3. The highest BCUT2D eigenvalue weighted by atomic mass is 16.5. The van der Waals surface area contributed by atoms with Crippen LogP contribution in [0, 0.1) is 17.3 Å². The molecule has 0 N–H and O–H groups in total. The zero-order valence-corrected chi connectivity index (χ0v) is 17.1. The van der Waals surface area contributed by atoms with Crippen molar-refractivity contribution in [2.45, 2.75) is 50.3 Å². The van der Waals surface area contributed by atoms with E-state index in [0.717, 1.165) is 37.4 Å². The molecule has 7 rings (SSSR count). The third kappa shape index (κ3) is 1.81. The molecule has 1 saturated carbocycles. The predicted molar refractivity (Wildman–Crippen MR) is 104 cm³/mol. The summed E-state index contributed by atoms with van der Waals surface area (Å²) >= 11 is 0. The van der Waals surface area contributed by atoms with Crippen molar-refractivity contribution in [2.24, 2.45) is 17.3 Å².